The number of aromatic nitrogens is 1. The van der Waals surface area contributed by atoms with Crippen LogP contribution < -0.4 is 10.6 Å². The van der Waals surface area contributed by atoms with E-state index in [1.807, 2.05) is 6.92 Å². The standard InChI is InChI=1S/C21H29N3O4S/c1-4-16-7-6-8-17(10-16)11-22-12-18(5-2)27-21(26)14-29-13-20(25)23-19-9-15(3)28-24-19/h6-10,18,22H,4-5,11-14H2,1-3H3,(H,23,24,25). The first-order valence-corrected chi connectivity index (χ1v) is 10.9. The van der Waals surface area contributed by atoms with Crippen molar-refractivity contribution in [2.45, 2.75) is 46.3 Å². The average Bonchev–Trinajstić information content (AvgIpc) is 3.11. The lowest BCUT2D eigenvalue weighted by atomic mass is 10.1. The van der Waals surface area contributed by atoms with Crippen LogP contribution in [0.3, 0.4) is 0 Å². The molecule has 0 bridgehead atoms. The summed E-state index contributed by atoms with van der Waals surface area (Å²) in [5.41, 5.74) is 2.52. The van der Waals surface area contributed by atoms with Crippen molar-refractivity contribution in [1.29, 1.82) is 0 Å². The van der Waals surface area contributed by atoms with E-state index in [2.05, 4.69) is 47.0 Å². The number of nitrogens with one attached hydrogen (secondary N) is 2. The molecule has 0 saturated carbocycles. The van der Waals surface area contributed by atoms with Crippen LogP contribution in [-0.4, -0.2) is 41.2 Å². The molecule has 158 valence electrons. The van der Waals surface area contributed by atoms with Crippen molar-refractivity contribution in [1.82, 2.24) is 10.5 Å². The summed E-state index contributed by atoms with van der Waals surface area (Å²) in [4.78, 5) is 23.9. The summed E-state index contributed by atoms with van der Waals surface area (Å²) in [6.45, 7) is 7.19. The van der Waals surface area contributed by atoms with Crippen molar-refractivity contribution in [2.24, 2.45) is 0 Å². The topological polar surface area (TPSA) is 93.5 Å². The third-order valence-electron chi connectivity index (χ3n) is 4.20. The minimum absolute atomic E-state index is 0.125. The number of ether oxygens (including phenoxy) is 1. The van der Waals surface area contributed by atoms with Crippen LogP contribution >= 0.6 is 11.8 Å². The molecule has 1 unspecified atom stereocenters. The van der Waals surface area contributed by atoms with Crippen LogP contribution in [0.25, 0.3) is 0 Å². The summed E-state index contributed by atoms with van der Waals surface area (Å²) < 4.78 is 10.4. The Kier molecular flexibility index (Phi) is 9.73. The zero-order chi connectivity index (χ0) is 21.1. The number of nitrogens with zero attached hydrogens (tertiary/aromatic N) is 1. The molecule has 0 radical (unpaired) electrons. The summed E-state index contributed by atoms with van der Waals surface area (Å²) >= 11 is 1.21. The van der Waals surface area contributed by atoms with E-state index in [4.69, 9.17) is 9.26 Å². The molecule has 1 aromatic carbocycles. The molecule has 2 aromatic rings. The molecule has 0 aliphatic carbocycles. The second kappa shape index (κ2) is 12.3. The molecular weight excluding hydrogens is 390 g/mol. The summed E-state index contributed by atoms with van der Waals surface area (Å²) in [5.74, 6) is 0.705. The van der Waals surface area contributed by atoms with Crippen LogP contribution in [0.15, 0.2) is 34.9 Å². The number of esters is 1. The summed E-state index contributed by atoms with van der Waals surface area (Å²) in [7, 11) is 0. The third-order valence-corrected chi connectivity index (χ3v) is 5.11. The van der Waals surface area contributed by atoms with E-state index < -0.39 is 0 Å². The van der Waals surface area contributed by atoms with Gasteiger partial charge in [-0.05, 0) is 30.9 Å². The number of thioether (sulfide) groups is 1. The van der Waals surface area contributed by atoms with Crippen molar-refractivity contribution in [3.63, 3.8) is 0 Å². The molecule has 2 rings (SSSR count). The van der Waals surface area contributed by atoms with Crippen molar-refractivity contribution in [3.05, 3.63) is 47.2 Å². The van der Waals surface area contributed by atoms with E-state index in [0.29, 0.717) is 18.1 Å². The highest BCUT2D eigenvalue weighted by atomic mass is 32.2. The van der Waals surface area contributed by atoms with Crippen LogP contribution in [-0.2, 0) is 27.3 Å². The Morgan fingerprint density at radius 1 is 1.21 bits per heavy atom. The molecule has 0 saturated heterocycles. The molecule has 0 aliphatic heterocycles. The van der Waals surface area contributed by atoms with Gasteiger partial charge in [-0.25, -0.2) is 0 Å². The quantitative estimate of drug-likeness (QED) is 0.510. The lowest BCUT2D eigenvalue weighted by molar-refractivity contribution is -0.145. The molecule has 0 fully saturated rings. The Morgan fingerprint density at radius 2 is 2.00 bits per heavy atom. The van der Waals surface area contributed by atoms with Gasteiger partial charge in [0, 0.05) is 19.2 Å². The lowest BCUT2D eigenvalue weighted by Crippen LogP contribution is -2.31. The van der Waals surface area contributed by atoms with Crippen LogP contribution in [0.4, 0.5) is 5.82 Å². The predicted molar refractivity (Wildman–Crippen MR) is 115 cm³/mol. The van der Waals surface area contributed by atoms with Gasteiger partial charge in [-0.1, -0.05) is 43.3 Å². The van der Waals surface area contributed by atoms with Gasteiger partial charge >= 0.3 is 5.97 Å². The molecule has 7 nitrogen and oxygen atoms in total. The van der Waals surface area contributed by atoms with Gasteiger partial charge in [0.15, 0.2) is 5.82 Å². The van der Waals surface area contributed by atoms with Gasteiger partial charge in [-0.3, -0.25) is 9.59 Å². The van der Waals surface area contributed by atoms with Crippen molar-refractivity contribution in [2.75, 3.05) is 23.4 Å². The van der Waals surface area contributed by atoms with Gasteiger partial charge in [0.05, 0.1) is 11.5 Å². The number of carbonyl (C=O) groups is 2. The molecule has 2 N–H and O–H groups in total. The second-order valence-electron chi connectivity index (χ2n) is 6.69. The molecule has 8 heteroatoms. The maximum absolute atomic E-state index is 12.0. The van der Waals surface area contributed by atoms with Gasteiger partial charge in [0.25, 0.3) is 0 Å². The first-order valence-electron chi connectivity index (χ1n) is 9.79. The van der Waals surface area contributed by atoms with Crippen LogP contribution in [0.1, 0.15) is 37.2 Å². The van der Waals surface area contributed by atoms with Crippen LogP contribution in [0.5, 0.6) is 0 Å². The highest BCUT2D eigenvalue weighted by Gasteiger charge is 2.14. The van der Waals surface area contributed by atoms with Crippen molar-refractivity contribution < 1.29 is 18.8 Å². The summed E-state index contributed by atoms with van der Waals surface area (Å²) in [5, 5.41) is 9.66. The van der Waals surface area contributed by atoms with Gasteiger partial charge in [0.2, 0.25) is 5.91 Å². The SMILES string of the molecule is CCc1cccc(CNCC(CC)OC(=O)CSCC(=O)Nc2cc(C)on2)c1. The Bertz CT molecular complexity index is 794. The van der Waals surface area contributed by atoms with Crippen LogP contribution in [0, 0.1) is 6.92 Å². The number of anilines is 1. The maximum atomic E-state index is 12.0. The highest BCUT2D eigenvalue weighted by molar-refractivity contribution is 8.00. The molecule has 1 aromatic heterocycles. The van der Waals surface area contributed by atoms with E-state index in [9.17, 15) is 9.59 Å². The Balaban J connectivity index is 1.63. The molecule has 29 heavy (non-hydrogen) atoms. The lowest BCUT2D eigenvalue weighted by Gasteiger charge is -2.17. The smallest absolute Gasteiger partial charge is 0.316 e. The molecule has 1 atom stereocenters. The minimum atomic E-state index is -0.318. The van der Waals surface area contributed by atoms with E-state index in [1.165, 1.54) is 22.9 Å². The van der Waals surface area contributed by atoms with Gasteiger partial charge in [-0.15, -0.1) is 11.8 Å². The first kappa shape index (κ1) is 23.0. The highest BCUT2D eigenvalue weighted by Crippen LogP contribution is 2.10. The van der Waals surface area contributed by atoms with Crippen molar-refractivity contribution in [3.8, 4) is 0 Å². The summed E-state index contributed by atoms with van der Waals surface area (Å²) in [6.07, 6.45) is 1.55. The van der Waals surface area contributed by atoms with Gasteiger partial charge in [-0.2, -0.15) is 0 Å². The predicted octanol–water partition coefficient (Wildman–Crippen LogP) is 3.33. The van der Waals surface area contributed by atoms with E-state index in [0.717, 1.165) is 19.4 Å². The number of aryl methyl sites for hydroxylation is 2. The number of hydrogen-bond acceptors (Lipinski definition) is 7. The maximum Gasteiger partial charge on any atom is 0.316 e. The first-order chi connectivity index (χ1) is 14.0. The molecule has 1 heterocycles. The number of amides is 1. The Hall–Kier alpha value is -2.32. The summed E-state index contributed by atoms with van der Waals surface area (Å²) in [6, 6.07) is 10.1. The zero-order valence-electron chi connectivity index (χ0n) is 17.2. The minimum Gasteiger partial charge on any atom is -0.460 e. The van der Waals surface area contributed by atoms with Gasteiger partial charge in [0.1, 0.15) is 11.9 Å². The third kappa shape index (κ3) is 8.70. The van der Waals surface area contributed by atoms with Crippen LogP contribution in [0.2, 0.25) is 0 Å². The Labute approximate surface area is 175 Å². The molecule has 0 spiro atoms. The molecule has 1 amide bonds. The fourth-order valence-electron chi connectivity index (χ4n) is 2.66. The fourth-order valence-corrected chi connectivity index (χ4v) is 3.25. The number of hydrogen-bond donors (Lipinski definition) is 2. The normalized spacial score (nSPS) is 11.8. The van der Waals surface area contributed by atoms with E-state index >= 15 is 0 Å². The zero-order valence-corrected chi connectivity index (χ0v) is 18.0. The number of carbonyl (C=O) groups excluding carboxylic acids is 2. The second-order valence-corrected chi connectivity index (χ2v) is 7.67. The van der Waals surface area contributed by atoms with Gasteiger partial charge < -0.3 is 19.9 Å². The molecular formula is C21H29N3O4S. The molecule has 0 aliphatic rings. The Morgan fingerprint density at radius 3 is 2.69 bits per heavy atom. The number of benzene rings is 1. The van der Waals surface area contributed by atoms with E-state index in [-0.39, 0.29) is 29.5 Å². The number of rotatable bonds is 12. The average molecular weight is 420 g/mol. The van der Waals surface area contributed by atoms with E-state index in [1.54, 1.807) is 13.0 Å². The fraction of sp³-hybridized carbons (Fsp3) is 0.476. The van der Waals surface area contributed by atoms with Crippen molar-refractivity contribution >= 4 is 29.5 Å². The largest absolute Gasteiger partial charge is 0.460 e. The monoisotopic (exact) mass is 419 g/mol.